The fourth-order valence-electron chi connectivity index (χ4n) is 1.45. The lowest BCUT2D eigenvalue weighted by atomic mass is 10.1. The largest absolute Gasteiger partial charge is 0.598 e. The summed E-state index contributed by atoms with van der Waals surface area (Å²) in [5.74, 6) is -0.239. The van der Waals surface area contributed by atoms with Crippen LogP contribution in [0.4, 0.5) is 4.39 Å². The van der Waals surface area contributed by atoms with E-state index in [2.05, 4.69) is 11.3 Å². The predicted molar refractivity (Wildman–Crippen MR) is 81.5 cm³/mol. The predicted octanol–water partition coefficient (Wildman–Crippen LogP) is 3.50. The first-order valence-corrected chi connectivity index (χ1v) is 7.62. The van der Waals surface area contributed by atoms with Gasteiger partial charge in [-0.1, -0.05) is 18.7 Å². The van der Waals surface area contributed by atoms with E-state index in [4.69, 9.17) is 4.74 Å². The number of hydrogen-bond donors (Lipinski definition) is 1. The summed E-state index contributed by atoms with van der Waals surface area (Å²) in [6, 6.07) is 4.47. The van der Waals surface area contributed by atoms with E-state index < -0.39 is 17.2 Å². The maximum atomic E-state index is 13.6. The molecule has 2 atom stereocenters. The summed E-state index contributed by atoms with van der Waals surface area (Å²) in [5.41, 5.74) is 0.822. The number of hydrogen-bond acceptors (Lipinski definition) is 3. The van der Waals surface area contributed by atoms with Crippen LogP contribution in [0, 0.1) is 5.82 Å². The van der Waals surface area contributed by atoms with Gasteiger partial charge in [0.2, 0.25) is 0 Å². The van der Waals surface area contributed by atoms with Gasteiger partial charge in [0.05, 0.1) is 6.04 Å². The summed E-state index contributed by atoms with van der Waals surface area (Å²) in [5, 5.41) is 0. The molecule has 0 saturated carbocycles. The third kappa shape index (κ3) is 4.81. The van der Waals surface area contributed by atoms with Crippen molar-refractivity contribution in [3.63, 3.8) is 0 Å². The Balaban J connectivity index is 2.82. The molecule has 1 aromatic rings. The molecule has 1 rings (SSSR count). The second kappa shape index (κ2) is 7.11. The van der Waals surface area contributed by atoms with Gasteiger partial charge in [-0.15, -0.1) is 4.72 Å². The Morgan fingerprint density at radius 3 is 2.70 bits per heavy atom. The molecule has 0 heterocycles. The van der Waals surface area contributed by atoms with Gasteiger partial charge < -0.3 is 9.29 Å². The minimum atomic E-state index is -1.19. The molecule has 0 aromatic heterocycles. The second-order valence-corrected chi connectivity index (χ2v) is 7.51. The van der Waals surface area contributed by atoms with Gasteiger partial charge in [0.1, 0.15) is 11.4 Å². The van der Waals surface area contributed by atoms with Crippen LogP contribution in [0.5, 0.6) is 5.75 Å². The van der Waals surface area contributed by atoms with Crippen LogP contribution in [0.3, 0.4) is 0 Å². The molecule has 0 bridgehead atoms. The number of rotatable bonds is 6. The molecule has 0 aliphatic heterocycles. The lowest BCUT2D eigenvalue weighted by Gasteiger charge is -2.26. The average molecular weight is 299 g/mol. The zero-order valence-corrected chi connectivity index (χ0v) is 13.2. The topological polar surface area (TPSA) is 44.3 Å². The summed E-state index contributed by atoms with van der Waals surface area (Å²) < 4.78 is 33.5. The lowest BCUT2D eigenvalue weighted by molar-refractivity contribution is 0.341. The standard InChI is InChI=1S/C15H22FNO2S/c1-6-9-19-14-10-12(7-8-13(14)16)11(2)17-20(18)15(3,4)5/h6-8,10-11,17H,1,9H2,2-5H3. The Morgan fingerprint density at radius 1 is 1.50 bits per heavy atom. The Bertz CT molecular complexity index is 460. The molecule has 2 unspecified atom stereocenters. The van der Waals surface area contributed by atoms with Gasteiger partial charge in [0, 0.05) is 11.4 Å². The first-order valence-electron chi connectivity index (χ1n) is 6.47. The third-order valence-corrected chi connectivity index (χ3v) is 4.33. The van der Waals surface area contributed by atoms with Crippen LogP contribution in [0.15, 0.2) is 30.9 Å². The molecule has 3 nitrogen and oxygen atoms in total. The fraction of sp³-hybridized carbons (Fsp3) is 0.467. The molecular weight excluding hydrogens is 277 g/mol. The van der Waals surface area contributed by atoms with Crippen molar-refractivity contribution < 1.29 is 13.7 Å². The highest BCUT2D eigenvalue weighted by molar-refractivity contribution is 7.90. The minimum Gasteiger partial charge on any atom is -0.598 e. The van der Waals surface area contributed by atoms with Crippen LogP contribution < -0.4 is 9.46 Å². The molecule has 20 heavy (non-hydrogen) atoms. The summed E-state index contributed by atoms with van der Waals surface area (Å²) in [6.07, 6.45) is 1.56. The first-order chi connectivity index (χ1) is 9.25. The lowest BCUT2D eigenvalue weighted by Crippen LogP contribution is -2.40. The number of ether oxygens (including phenoxy) is 1. The minimum absolute atomic E-state index is 0.165. The quantitative estimate of drug-likeness (QED) is 0.646. The van der Waals surface area contributed by atoms with E-state index in [0.29, 0.717) is 0 Å². The van der Waals surface area contributed by atoms with Gasteiger partial charge in [0.15, 0.2) is 11.6 Å². The van der Waals surface area contributed by atoms with Crippen molar-refractivity contribution in [2.75, 3.05) is 6.61 Å². The van der Waals surface area contributed by atoms with E-state index in [1.165, 1.54) is 6.07 Å². The van der Waals surface area contributed by atoms with E-state index in [1.54, 1.807) is 18.2 Å². The molecule has 112 valence electrons. The van der Waals surface area contributed by atoms with Crippen molar-refractivity contribution in [1.29, 1.82) is 0 Å². The van der Waals surface area contributed by atoms with Gasteiger partial charge in [-0.05, 0) is 45.4 Å². The highest BCUT2D eigenvalue weighted by atomic mass is 32.2. The van der Waals surface area contributed by atoms with Crippen molar-refractivity contribution in [1.82, 2.24) is 4.72 Å². The van der Waals surface area contributed by atoms with E-state index >= 15 is 0 Å². The van der Waals surface area contributed by atoms with Gasteiger partial charge in [-0.2, -0.15) is 0 Å². The maximum Gasteiger partial charge on any atom is 0.165 e. The van der Waals surface area contributed by atoms with Crippen molar-refractivity contribution in [3.8, 4) is 5.75 Å². The van der Waals surface area contributed by atoms with Crippen LogP contribution in [-0.4, -0.2) is 15.9 Å². The van der Waals surface area contributed by atoms with Crippen LogP contribution >= 0.6 is 0 Å². The fourth-order valence-corrected chi connectivity index (χ4v) is 2.26. The highest BCUT2D eigenvalue weighted by Gasteiger charge is 2.28. The Kier molecular flexibility index (Phi) is 6.05. The molecule has 0 aliphatic rings. The van der Waals surface area contributed by atoms with Gasteiger partial charge in [0.25, 0.3) is 0 Å². The summed E-state index contributed by atoms with van der Waals surface area (Å²) >= 11 is -1.19. The van der Waals surface area contributed by atoms with Crippen molar-refractivity contribution in [2.45, 2.75) is 38.5 Å². The highest BCUT2D eigenvalue weighted by Crippen LogP contribution is 2.25. The van der Waals surface area contributed by atoms with Crippen LogP contribution in [0.25, 0.3) is 0 Å². The van der Waals surface area contributed by atoms with Crippen LogP contribution in [0.2, 0.25) is 0 Å². The van der Waals surface area contributed by atoms with E-state index in [-0.39, 0.29) is 23.1 Å². The summed E-state index contributed by atoms with van der Waals surface area (Å²) in [7, 11) is 0. The maximum absolute atomic E-state index is 13.6. The van der Waals surface area contributed by atoms with E-state index in [9.17, 15) is 8.94 Å². The molecule has 1 N–H and O–H groups in total. The van der Waals surface area contributed by atoms with Crippen LogP contribution in [0.1, 0.15) is 39.3 Å². The van der Waals surface area contributed by atoms with E-state index in [0.717, 1.165) is 5.56 Å². The zero-order valence-electron chi connectivity index (χ0n) is 12.4. The van der Waals surface area contributed by atoms with Crippen LogP contribution in [-0.2, 0) is 11.4 Å². The summed E-state index contributed by atoms with van der Waals surface area (Å²) in [4.78, 5) is 0. The molecule has 1 aromatic carbocycles. The number of halogens is 1. The molecule has 0 amide bonds. The first kappa shape index (κ1) is 17.0. The van der Waals surface area contributed by atoms with E-state index in [1.807, 2.05) is 27.7 Å². The van der Waals surface area contributed by atoms with Crippen molar-refractivity contribution >= 4 is 11.4 Å². The molecule has 0 saturated heterocycles. The Hall–Kier alpha value is -1.04. The Morgan fingerprint density at radius 2 is 2.15 bits per heavy atom. The zero-order chi connectivity index (χ0) is 15.3. The molecule has 0 spiro atoms. The van der Waals surface area contributed by atoms with Gasteiger partial charge >= 0.3 is 0 Å². The van der Waals surface area contributed by atoms with Gasteiger partial charge in [-0.25, -0.2) is 4.39 Å². The Labute approximate surface area is 123 Å². The molecule has 0 radical (unpaired) electrons. The van der Waals surface area contributed by atoms with Crippen molar-refractivity contribution in [3.05, 3.63) is 42.2 Å². The SMILES string of the molecule is C=CCOc1cc(C(C)N[S+]([O-])C(C)(C)C)ccc1F. The molecular formula is C15H22FNO2S. The third-order valence-electron chi connectivity index (χ3n) is 2.65. The number of benzene rings is 1. The average Bonchev–Trinajstić information content (AvgIpc) is 2.36. The monoisotopic (exact) mass is 299 g/mol. The summed E-state index contributed by atoms with van der Waals surface area (Å²) in [6.45, 7) is 11.3. The van der Waals surface area contributed by atoms with Gasteiger partial charge in [-0.3, -0.25) is 0 Å². The molecule has 0 fully saturated rings. The number of nitrogens with one attached hydrogen (secondary N) is 1. The normalized spacial score (nSPS) is 14.7. The molecule has 5 heteroatoms. The van der Waals surface area contributed by atoms with Crippen molar-refractivity contribution in [2.24, 2.45) is 0 Å². The smallest absolute Gasteiger partial charge is 0.165 e. The molecule has 0 aliphatic carbocycles. The second-order valence-electron chi connectivity index (χ2n) is 5.51.